The zero-order chi connectivity index (χ0) is 28.4. The summed E-state index contributed by atoms with van der Waals surface area (Å²) in [6, 6.07) is 11.8. The van der Waals surface area contributed by atoms with Crippen molar-refractivity contribution in [3.8, 4) is 0 Å². The Bertz CT molecular complexity index is 1700. The molecule has 2 aromatic heterocycles. The fourth-order valence-electron chi connectivity index (χ4n) is 4.03. The molecule has 40 heavy (non-hydrogen) atoms. The summed E-state index contributed by atoms with van der Waals surface area (Å²) in [5.41, 5.74) is 0.521. The Balaban J connectivity index is 1.43. The maximum absolute atomic E-state index is 13.8. The van der Waals surface area contributed by atoms with Crippen LogP contribution in [0.4, 0.5) is 15.4 Å². The first kappa shape index (κ1) is 27.5. The van der Waals surface area contributed by atoms with Crippen LogP contribution in [0.5, 0.6) is 0 Å². The van der Waals surface area contributed by atoms with Crippen LogP contribution in [-0.2, 0) is 14.8 Å². The van der Waals surface area contributed by atoms with Gasteiger partial charge in [0, 0.05) is 25.8 Å². The van der Waals surface area contributed by atoms with Crippen molar-refractivity contribution in [2.75, 3.05) is 25.2 Å². The third-order valence-electron chi connectivity index (χ3n) is 6.10. The van der Waals surface area contributed by atoms with Crippen LogP contribution >= 0.6 is 11.3 Å². The number of fused-ring (bicyclic) bond motifs is 1. The number of furan rings is 1. The number of ether oxygens (including phenoxy) is 1. The molecule has 0 radical (unpaired) electrons. The lowest BCUT2D eigenvalue weighted by molar-refractivity contribution is -0.402. The minimum Gasteiger partial charge on any atom is -0.400 e. The number of amides is 1. The second-order valence-corrected chi connectivity index (χ2v) is 11.9. The van der Waals surface area contributed by atoms with E-state index in [9.17, 15) is 27.7 Å². The van der Waals surface area contributed by atoms with Crippen molar-refractivity contribution in [2.45, 2.75) is 23.8 Å². The van der Waals surface area contributed by atoms with Crippen LogP contribution in [0.3, 0.4) is 0 Å². The van der Waals surface area contributed by atoms with Gasteiger partial charge in [0.15, 0.2) is 5.76 Å². The van der Waals surface area contributed by atoms with Crippen LogP contribution in [0.2, 0.25) is 0 Å². The van der Waals surface area contributed by atoms with Crippen molar-refractivity contribution in [3.63, 3.8) is 0 Å². The monoisotopic (exact) mass is 587 g/mol. The number of carbonyl (C=O) groups is 1. The molecule has 1 saturated heterocycles. The molecular formula is C25H22FN5O7S2. The summed E-state index contributed by atoms with van der Waals surface area (Å²) >= 11 is 1.00. The summed E-state index contributed by atoms with van der Waals surface area (Å²) in [5, 5.41) is 16.1. The topological polar surface area (TPSA) is 148 Å². The average molecular weight is 588 g/mol. The van der Waals surface area contributed by atoms with Crippen LogP contribution in [0, 0.1) is 15.9 Å². The molecule has 1 aliphatic rings. The third kappa shape index (κ3) is 5.77. The number of nitrogens with zero attached hydrogens (tertiary/aromatic N) is 5. The van der Waals surface area contributed by atoms with Gasteiger partial charge in [-0.15, -0.1) is 0 Å². The lowest BCUT2D eigenvalue weighted by atomic mass is 10.2. The number of nitro groups is 1. The van der Waals surface area contributed by atoms with Crippen molar-refractivity contribution in [1.82, 2.24) is 9.29 Å². The van der Waals surface area contributed by atoms with Gasteiger partial charge in [0.05, 0.1) is 33.5 Å². The standard InChI is InChI=1S/C25H22FN5O7S2/c1-29(15-19-3-2-12-37-19)40(35,36)20-8-4-16(5-9-20)24(32)30(27-14-18-7-11-23(38-18)31(33)34)25-28-21-10-6-17(26)13-22(21)39-25/h4-11,13-14,19H,2-3,12,15H2,1H3/b27-14+. The summed E-state index contributed by atoms with van der Waals surface area (Å²) in [5.74, 6) is -1.65. The first-order valence-electron chi connectivity index (χ1n) is 12.0. The van der Waals surface area contributed by atoms with Gasteiger partial charge >= 0.3 is 5.88 Å². The molecule has 4 aromatic rings. The van der Waals surface area contributed by atoms with E-state index < -0.39 is 32.6 Å². The normalized spacial score (nSPS) is 15.8. The Morgan fingerprint density at radius 1 is 1.25 bits per heavy atom. The van der Waals surface area contributed by atoms with Crippen molar-refractivity contribution in [2.24, 2.45) is 5.10 Å². The highest BCUT2D eigenvalue weighted by Crippen LogP contribution is 2.31. The van der Waals surface area contributed by atoms with Crippen molar-refractivity contribution in [1.29, 1.82) is 0 Å². The maximum Gasteiger partial charge on any atom is 0.433 e. The summed E-state index contributed by atoms with van der Waals surface area (Å²) < 4.78 is 52.1. The summed E-state index contributed by atoms with van der Waals surface area (Å²) in [4.78, 5) is 28.1. The number of carbonyl (C=O) groups excluding carboxylic acids is 1. The molecule has 12 nitrogen and oxygen atoms in total. The number of thiazole rings is 1. The van der Waals surface area contributed by atoms with Crippen molar-refractivity contribution >= 4 is 54.7 Å². The van der Waals surface area contributed by atoms with E-state index in [1.807, 2.05) is 0 Å². The molecule has 0 N–H and O–H groups in total. The molecule has 3 heterocycles. The van der Waals surface area contributed by atoms with Crippen LogP contribution < -0.4 is 5.01 Å². The number of rotatable bonds is 9. The number of benzene rings is 2. The molecule has 0 spiro atoms. The molecular weight excluding hydrogens is 565 g/mol. The molecule has 5 rings (SSSR count). The lowest BCUT2D eigenvalue weighted by Crippen LogP contribution is -2.34. The van der Waals surface area contributed by atoms with E-state index in [1.54, 1.807) is 0 Å². The van der Waals surface area contributed by atoms with Crippen LogP contribution in [-0.4, -0.2) is 61.1 Å². The number of halogens is 1. The molecule has 1 unspecified atom stereocenters. The second-order valence-electron chi connectivity index (χ2n) is 8.85. The van der Waals surface area contributed by atoms with Gasteiger partial charge in [0.1, 0.15) is 10.7 Å². The number of aromatic nitrogens is 1. The maximum atomic E-state index is 13.8. The van der Waals surface area contributed by atoms with Gasteiger partial charge in [0.2, 0.25) is 15.2 Å². The average Bonchev–Trinajstić information content (AvgIpc) is 3.70. The smallest absolute Gasteiger partial charge is 0.400 e. The highest BCUT2D eigenvalue weighted by Gasteiger charge is 2.27. The van der Waals surface area contributed by atoms with E-state index in [-0.39, 0.29) is 34.0 Å². The zero-order valence-corrected chi connectivity index (χ0v) is 22.6. The van der Waals surface area contributed by atoms with Gasteiger partial charge in [0.25, 0.3) is 5.91 Å². The quantitative estimate of drug-likeness (QED) is 0.159. The molecule has 0 saturated carbocycles. The molecule has 1 aliphatic heterocycles. The lowest BCUT2D eigenvalue weighted by Gasteiger charge is -2.20. The first-order valence-corrected chi connectivity index (χ1v) is 14.2. The number of hydrogen-bond donors (Lipinski definition) is 0. The fraction of sp³-hybridized carbons (Fsp3) is 0.240. The van der Waals surface area contributed by atoms with Gasteiger partial charge in [-0.1, -0.05) is 11.3 Å². The second kappa shape index (κ2) is 11.2. The van der Waals surface area contributed by atoms with Gasteiger partial charge in [-0.2, -0.15) is 14.4 Å². The van der Waals surface area contributed by atoms with Gasteiger partial charge in [-0.3, -0.25) is 14.9 Å². The molecule has 1 atom stereocenters. The van der Waals surface area contributed by atoms with Gasteiger partial charge < -0.3 is 9.15 Å². The molecule has 15 heteroatoms. The molecule has 0 bridgehead atoms. The molecule has 2 aromatic carbocycles. The fourth-order valence-corrected chi connectivity index (χ4v) is 6.18. The number of hydrogen-bond acceptors (Lipinski definition) is 10. The Kier molecular flexibility index (Phi) is 7.71. The molecule has 208 valence electrons. The highest BCUT2D eigenvalue weighted by atomic mass is 32.2. The van der Waals surface area contributed by atoms with Crippen LogP contribution in [0.15, 0.2) is 69.0 Å². The zero-order valence-electron chi connectivity index (χ0n) is 21.0. The Labute approximate surface area is 231 Å². The predicted octanol–water partition coefficient (Wildman–Crippen LogP) is 4.42. The molecule has 0 aliphatic carbocycles. The van der Waals surface area contributed by atoms with E-state index in [1.165, 1.54) is 59.9 Å². The van der Waals surface area contributed by atoms with E-state index in [2.05, 4.69) is 10.1 Å². The predicted molar refractivity (Wildman–Crippen MR) is 145 cm³/mol. The number of hydrazone groups is 1. The van der Waals surface area contributed by atoms with E-state index >= 15 is 0 Å². The Morgan fingerprint density at radius 2 is 2.02 bits per heavy atom. The number of likely N-dealkylation sites (N-methyl/N-ethyl adjacent to an activating group) is 1. The highest BCUT2D eigenvalue weighted by molar-refractivity contribution is 7.89. The summed E-state index contributed by atoms with van der Waals surface area (Å²) in [6.45, 7) is 0.823. The van der Waals surface area contributed by atoms with Crippen LogP contribution in [0.1, 0.15) is 29.0 Å². The van der Waals surface area contributed by atoms with E-state index in [4.69, 9.17) is 9.15 Å². The minimum absolute atomic E-state index is 0.00189. The van der Waals surface area contributed by atoms with Gasteiger partial charge in [-0.25, -0.2) is 17.8 Å². The van der Waals surface area contributed by atoms with Crippen molar-refractivity contribution in [3.05, 3.63) is 81.9 Å². The molecule has 1 amide bonds. The Hall–Kier alpha value is -4.05. The van der Waals surface area contributed by atoms with Crippen LogP contribution in [0.25, 0.3) is 10.2 Å². The number of anilines is 1. The third-order valence-corrected chi connectivity index (χ3v) is 8.93. The van der Waals surface area contributed by atoms with Crippen molar-refractivity contribution < 1.29 is 31.7 Å². The summed E-state index contributed by atoms with van der Waals surface area (Å²) in [6.07, 6.45) is 2.61. The van der Waals surface area contributed by atoms with E-state index in [0.717, 1.165) is 41.5 Å². The molecule has 1 fully saturated rings. The van der Waals surface area contributed by atoms with E-state index in [0.29, 0.717) is 16.8 Å². The first-order chi connectivity index (χ1) is 19.1. The Morgan fingerprint density at radius 3 is 2.70 bits per heavy atom. The summed E-state index contributed by atoms with van der Waals surface area (Å²) in [7, 11) is -2.35. The van der Waals surface area contributed by atoms with Gasteiger partial charge in [-0.05, 0) is 61.4 Å². The SMILES string of the molecule is CN(CC1CCCO1)S(=O)(=O)c1ccc(C(=O)N(/N=C/c2ccc([N+](=O)[O-])o2)c2nc3ccc(F)cc3s2)cc1. The minimum atomic E-state index is -3.83. The largest absolute Gasteiger partial charge is 0.433 e. The number of sulfonamides is 1.